The fraction of sp³-hybridized carbons (Fsp3) is 0.208. The van der Waals surface area contributed by atoms with E-state index in [1.807, 2.05) is 6.07 Å². The van der Waals surface area contributed by atoms with Gasteiger partial charge < -0.3 is 24.3 Å². The number of hydrogen-bond donors (Lipinski definition) is 1. The smallest absolute Gasteiger partial charge is 0.443 e. The maximum absolute atomic E-state index is 14.4. The molecule has 32 heavy (non-hydrogen) atoms. The van der Waals surface area contributed by atoms with Crippen molar-refractivity contribution in [1.82, 2.24) is 0 Å². The molecule has 2 atom stereocenters. The number of rotatable bonds is 10. The van der Waals surface area contributed by atoms with Crippen LogP contribution in [0.5, 0.6) is 23.0 Å². The molecule has 3 rings (SSSR count). The molecule has 0 fully saturated rings. The number of para-hydroxylation sites is 4. The Morgan fingerprint density at radius 1 is 0.750 bits per heavy atom. The van der Waals surface area contributed by atoms with Crippen molar-refractivity contribution in [3.63, 3.8) is 0 Å². The van der Waals surface area contributed by atoms with E-state index in [1.165, 1.54) is 21.1 Å². The summed E-state index contributed by atoms with van der Waals surface area (Å²) in [6.07, 6.45) is 0. The van der Waals surface area contributed by atoms with E-state index in [1.54, 1.807) is 72.8 Å². The lowest BCUT2D eigenvalue weighted by atomic mass is 10.0. The Kier molecular flexibility index (Phi) is 7.57. The standard InChI is InChI=1S/C24H26NO6P/c1-17(26)24(23(25)18-11-5-4-6-12-18)32(27,30-21-15-9-7-13-19(21)28-2)31-22-16-10-8-14-20(22)29-3/h4-16,23-24H,25H2,1-3H3. The molecule has 3 aromatic carbocycles. The second kappa shape index (κ2) is 10.4. The van der Waals surface area contributed by atoms with Crippen molar-refractivity contribution in [2.75, 3.05) is 14.2 Å². The average molecular weight is 455 g/mol. The van der Waals surface area contributed by atoms with E-state index in [9.17, 15) is 9.36 Å². The normalized spacial score (nSPS) is 13.0. The van der Waals surface area contributed by atoms with Gasteiger partial charge in [-0.15, -0.1) is 0 Å². The van der Waals surface area contributed by atoms with E-state index in [0.29, 0.717) is 17.1 Å². The molecular formula is C24H26NO6P. The lowest BCUT2D eigenvalue weighted by Gasteiger charge is -2.30. The quantitative estimate of drug-likeness (QED) is 0.429. The van der Waals surface area contributed by atoms with Crippen LogP contribution in [0.15, 0.2) is 78.9 Å². The zero-order chi connectivity index (χ0) is 23.1. The van der Waals surface area contributed by atoms with Crippen molar-refractivity contribution in [3.05, 3.63) is 84.4 Å². The van der Waals surface area contributed by atoms with Crippen LogP contribution in [0.1, 0.15) is 18.5 Å². The van der Waals surface area contributed by atoms with Crippen LogP contribution < -0.4 is 24.3 Å². The van der Waals surface area contributed by atoms with Gasteiger partial charge in [-0.2, -0.15) is 0 Å². The van der Waals surface area contributed by atoms with Gasteiger partial charge >= 0.3 is 7.60 Å². The summed E-state index contributed by atoms with van der Waals surface area (Å²) in [5, 5.41) is 0. The molecule has 0 heterocycles. The van der Waals surface area contributed by atoms with Gasteiger partial charge in [0.15, 0.2) is 28.7 Å². The van der Waals surface area contributed by atoms with Crippen molar-refractivity contribution in [1.29, 1.82) is 0 Å². The summed E-state index contributed by atoms with van der Waals surface area (Å²) < 4.78 is 36.9. The van der Waals surface area contributed by atoms with Gasteiger partial charge in [-0.3, -0.25) is 4.79 Å². The zero-order valence-electron chi connectivity index (χ0n) is 18.1. The second-order valence-electron chi connectivity index (χ2n) is 7.02. The first-order chi connectivity index (χ1) is 15.4. The molecule has 0 aliphatic heterocycles. The van der Waals surface area contributed by atoms with Gasteiger partial charge in [0.05, 0.1) is 20.3 Å². The molecule has 168 valence electrons. The lowest BCUT2D eigenvalue weighted by molar-refractivity contribution is -0.117. The summed E-state index contributed by atoms with van der Waals surface area (Å²) in [4.78, 5) is 12.8. The summed E-state index contributed by atoms with van der Waals surface area (Å²) in [6, 6.07) is 21.4. The highest BCUT2D eigenvalue weighted by molar-refractivity contribution is 7.56. The largest absolute Gasteiger partial charge is 0.493 e. The number of Topliss-reactive ketones (excluding diaryl/α,β-unsaturated/α-hetero) is 1. The number of hydrogen-bond acceptors (Lipinski definition) is 7. The number of carbonyl (C=O) groups is 1. The first-order valence-corrected chi connectivity index (χ1v) is 11.6. The highest BCUT2D eigenvalue weighted by Gasteiger charge is 2.47. The van der Waals surface area contributed by atoms with Crippen LogP contribution in [0.2, 0.25) is 0 Å². The number of carbonyl (C=O) groups excluding carboxylic acids is 1. The summed E-state index contributed by atoms with van der Waals surface area (Å²) in [5.41, 5.74) is 5.79. The Hall–Kier alpha value is -3.28. The van der Waals surface area contributed by atoms with Gasteiger partial charge in [0.2, 0.25) is 0 Å². The van der Waals surface area contributed by atoms with E-state index in [0.717, 1.165) is 0 Å². The molecule has 3 aromatic rings. The first-order valence-electron chi connectivity index (χ1n) is 9.95. The van der Waals surface area contributed by atoms with E-state index in [2.05, 4.69) is 0 Å². The Morgan fingerprint density at radius 3 is 1.56 bits per heavy atom. The minimum atomic E-state index is -4.27. The highest BCUT2D eigenvalue weighted by atomic mass is 31.2. The predicted molar refractivity (Wildman–Crippen MR) is 123 cm³/mol. The molecule has 0 aromatic heterocycles. The summed E-state index contributed by atoms with van der Waals surface area (Å²) in [7, 11) is -1.34. The van der Waals surface area contributed by atoms with E-state index >= 15 is 0 Å². The number of ketones is 1. The van der Waals surface area contributed by atoms with E-state index < -0.39 is 25.1 Å². The van der Waals surface area contributed by atoms with Crippen LogP contribution in [-0.4, -0.2) is 25.7 Å². The molecular weight excluding hydrogens is 429 g/mol. The minimum absolute atomic E-state index is 0.166. The fourth-order valence-electron chi connectivity index (χ4n) is 3.32. The topological polar surface area (TPSA) is 97.1 Å². The van der Waals surface area contributed by atoms with Crippen molar-refractivity contribution in [2.24, 2.45) is 5.73 Å². The Morgan fingerprint density at radius 2 is 1.16 bits per heavy atom. The Bertz CT molecular complexity index is 1050. The lowest BCUT2D eigenvalue weighted by Crippen LogP contribution is -2.35. The van der Waals surface area contributed by atoms with Crippen LogP contribution >= 0.6 is 7.60 Å². The zero-order valence-corrected chi connectivity index (χ0v) is 19.0. The van der Waals surface area contributed by atoms with Crippen molar-refractivity contribution in [2.45, 2.75) is 18.6 Å². The van der Waals surface area contributed by atoms with Crippen LogP contribution in [0.3, 0.4) is 0 Å². The molecule has 7 nitrogen and oxygen atoms in total. The molecule has 0 saturated heterocycles. The van der Waals surface area contributed by atoms with Crippen LogP contribution in [0.25, 0.3) is 0 Å². The summed E-state index contributed by atoms with van der Waals surface area (Å²) in [6.45, 7) is 1.32. The first kappa shape index (κ1) is 23.4. The third-order valence-corrected chi connectivity index (χ3v) is 7.14. The second-order valence-corrected chi connectivity index (χ2v) is 9.02. The maximum Gasteiger partial charge on any atom is 0.443 e. The van der Waals surface area contributed by atoms with E-state index in [-0.39, 0.29) is 11.5 Å². The van der Waals surface area contributed by atoms with Crippen molar-refractivity contribution in [3.8, 4) is 23.0 Å². The molecule has 8 heteroatoms. The molecule has 0 bridgehead atoms. The summed E-state index contributed by atoms with van der Waals surface area (Å²) in [5.74, 6) is 0.577. The maximum atomic E-state index is 14.4. The molecule has 0 aliphatic rings. The van der Waals surface area contributed by atoms with Crippen LogP contribution in [-0.2, 0) is 9.36 Å². The Balaban J connectivity index is 2.13. The Labute approximate surface area is 187 Å². The molecule has 0 radical (unpaired) electrons. The van der Waals surface area contributed by atoms with Gasteiger partial charge in [-0.1, -0.05) is 54.6 Å². The van der Waals surface area contributed by atoms with Crippen LogP contribution in [0, 0.1) is 0 Å². The monoisotopic (exact) mass is 455 g/mol. The number of methoxy groups -OCH3 is 2. The predicted octanol–water partition coefficient (Wildman–Crippen LogP) is 5.01. The van der Waals surface area contributed by atoms with E-state index in [4.69, 9.17) is 24.3 Å². The molecule has 2 unspecified atom stereocenters. The fourth-order valence-corrected chi connectivity index (χ4v) is 5.45. The van der Waals surface area contributed by atoms with Gasteiger partial charge in [-0.05, 0) is 36.8 Å². The number of ether oxygens (including phenoxy) is 2. The average Bonchev–Trinajstić information content (AvgIpc) is 2.80. The van der Waals surface area contributed by atoms with Gasteiger partial charge in [0.25, 0.3) is 0 Å². The van der Waals surface area contributed by atoms with Crippen molar-refractivity contribution >= 4 is 13.4 Å². The highest BCUT2D eigenvalue weighted by Crippen LogP contribution is 2.58. The third kappa shape index (κ3) is 5.13. The SMILES string of the molecule is COc1ccccc1OP(=O)(Oc1ccccc1OC)C(C(C)=O)C(N)c1ccccc1. The van der Waals surface area contributed by atoms with Crippen LogP contribution in [0.4, 0.5) is 0 Å². The van der Waals surface area contributed by atoms with Gasteiger partial charge in [0, 0.05) is 0 Å². The molecule has 0 saturated carbocycles. The number of benzene rings is 3. The summed E-state index contributed by atoms with van der Waals surface area (Å²) >= 11 is 0. The number of nitrogens with two attached hydrogens (primary N) is 1. The molecule has 0 spiro atoms. The molecule has 0 aliphatic carbocycles. The van der Waals surface area contributed by atoms with Gasteiger partial charge in [-0.25, -0.2) is 4.57 Å². The molecule has 2 N–H and O–H groups in total. The third-order valence-electron chi connectivity index (χ3n) is 4.87. The van der Waals surface area contributed by atoms with Gasteiger partial charge in [0.1, 0.15) is 5.78 Å². The molecule has 0 amide bonds. The minimum Gasteiger partial charge on any atom is -0.493 e. The van der Waals surface area contributed by atoms with Crippen molar-refractivity contribution < 1.29 is 27.9 Å².